The molecule has 0 spiro atoms. The number of aliphatic hydroxyl groups is 1. The van der Waals surface area contributed by atoms with E-state index >= 15 is 0 Å². The molecule has 118 valence electrons. The first kappa shape index (κ1) is 15.9. The van der Waals surface area contributed by atoms with E-state index in [1.807, 2.05) is 0 Å². The molecule has 0 aliphatic carbocycles. The summed E-state index contributed by atoms with van der Waals surface area (Å²) < 4.78 is 5.22. The van der Waals surface area contributed by atoms with E-state index in [2.05, 4.69) is 27.2 Å². The highest BCUT2D eigenvalue weighted by atomic mass is 16.5. The van der Waals surface area contributed by atoms with Crippen molar-refractivity contribution in [3.05, 3.63) is 17.5 Å². The fraction of sp³-hybridized carbons (Fsp3) is 0.714. The quantitative estimate of drug-likeness (QED) is 0.764. The lowest BCUT2D eigenvalue weighted by Gasteiger charge is -2.33. The number of aromatic nitrogens is 1. The summed E-state index contributed by atoms with van der Waals surface area (Å²) in [6.07, 6.45) is -0.574. The number of aliphatic hydroxyl groups excluding tert-OH is 1. The van der Waals surface area contributed by atoms with Crippen LogP contribution in [0.25, 0.3) is 0 Å². The molecule has 0 aromatic carbocycles. The molecule has 1 saturated heterocycles. The highest BCUT2D eigenvalue weighted by molar-refractivity contribution is 5.92. The molecule has 21 heavy (non-hydrogen) atoms. The Morgan fingerprint density at radius 3 is 2.71 bits per heavy atom. The minimum atomic E-state index is -0.574. The Kier molecular flexibility index (Phi) is 5.72. The number of nitrogens with one attached hydrogen (secondary N) is 1. The van der Waals surface area contributed by atoms with Crippen LogP contribution in [0.4, 0.5) is 0 Å². The van der Waals surface area contributed by atoms with Gasteiger partial charge >= 0.3 is 0 Å². The van der Waals surface area contributed by atoms with E-state index in [0.29, 0.717) is 12.3 Å². The highest BCUT2D eigenvalue weighted by Gasteiger charge is 2.18. The van der Waals surface area contributed by atoms with Gasteiger partial charge in [0, 0.05) is 38.8 Å². The predicted molar refractivity (Wildman–Crippen MR) is 77.9 cm³/mol. The van der Waals surface area contributed by atoms with Gasteiger partial charge in [0.15, 0.2) is 11.5 Å². The van der Waals surface area contributed by atoms with Crippen LogP contribution in [0.2, 0.25) is 0 Å². The maximum absolute atomic E-state index is 11.8. The molecule has 0 radical (unpaired) electrons. The van der Waals surface area contributed by atoms with Gasteiger partial charge in [-0.05, 0) is 13.5 Å². The summed E-state index contributed by atoms with van der Waals surface area (Å²) in [5.41, 5.74) is 0.262. The van der Waals surface area contributed by atoms with Crippen LogP contribution in [-0.4, -0.2) is 71.3 Å². The SMILES string of the molecule is CCN1CCN(Cc2cc(C(=O)NCC(C)O)no2)CC1. The third kappa shape index (κ3) is 4.80. The average molecular weight is 296 g/mol. The summed E-state index contributed by atoms with van der Waals surface area (Å²) >= 11 is 0. The van der Waals surface area contributed by atoms with E-state index in [4.69, 9.17) is 9.63 Å². The minimum absolute atomic E-state index is 0.208. The number of carbonyl (C=O) groups excluding carboxylic acids is 1. The second kappa shape index (κ2) is 7.53. The Labute approximate surface area is 124 Å². The van der Waals surface area contributed by atoms with Crippen molar-refractivity contribution in [1.82, 2.24) is 20.3 Å². The van der Waals surface area contributed by atoms with Crippen molar-refractivity contribution < 1.29 is 14.4 Å². The Hall–Kier alpha value is -1.44. The Morgan fingerprint density at radius 2 is 2.10 bits per heavy atom. The molecule has 1 aromatic rings. The van der Waals surface area contributed by atoms with E-state index < -0.39 is 6.10 Å². The molecule has 1 aromatic heterocycles. The summed E-state index contributed by atoms with van der Waals surface area (Å²) in [5, 5.41) is 15.5. The molecule has 2 rings (SSSR count). The highest BCUT2D eigenvalue weighted by Crippen LogP contribution is 2.10. The summed E-state index contributed by atoms with van der Waals surface area (Å²) in [5.74, 6) is 0.379. The van der Waals surface area contributed by atoms with Crippen LogP contribution >= 0.6 is 0 Å². The molecule has 7 nitrogen and oxygen atoms in total. The monoisotopic (exact) mass is 296 g/mol. The third-order valence-corrected chi connectivity index (χ3v) is 3.64. The lowest BCUT2D eigenvalue weighted by molar-refractivity contribution is 0.0914. The lowest BCUT2D eigenvalue weighted by Crippen LogP contribution is -2.45. The number of nitrogens with zero attached hydrogens (tertiary/aromatic N) is 3. The van der Waals surface area contributed by atoms with Crippen LogP contribution in [0, 0.1) is 0 Å². The van der Waals surface area contributed by atoms with Gasteiger partial charge in [0.25, 0.3) is 5.91 Å². The van der Waals surface area contributed by atoms with Crippen LogP contribution < -0.4 is 5.32 Å². The van der Waals surface area contributed by atoms with E-state index in [9.17, 15) is 4.79 Å². The topological polar surface area (TPSA) is 81.8 Å². The molecule has 2 N–H and O–H groups in total. The maximum Gasteiger partial charge on any atom is 0.273 e. The van der Waals surface area contributed by atoms with E-state index in [0.717, 1.165) is 32.7 Å². The molecular formula is C14H24N4O3. The Balaban J connectivity index is 1.81. The minimum Gasteiger partial charge on any atom is -0.392 e. The molecule has 1 unspecified atom stereocenters. The number of piperazine rings is 1. The first-order chi connectivity index (χ1) is 10.1. The van der Waals surface area contributed by atoms with Crippen molar-refractivity contribution in [3.8, 4) is 0 Å². The number of amides is 1. The molecule has 1 aliphatic heterocycles. The van der Waals surface area contributed by atoms with Crippen molar-refractivity contribution in [3.63, 3.8) is 0 Å². The maximum atomic E-state index is 11.8. The fourth-order valence-corrected chi connectivity index (χ4v) is 2.31. The van der Waals surface area contributed by atoms with Gasteiger partial charge in [0.1, 0.15) is 0 Å². The normalized spacial score (nSPS) is 18.6. The summed E-state index contributed by atoms with van der Waals surface area (Å²) in [6.45, 7) is 9.88. The molecular weight excluding hydrogens is 272 g/mol. The van der Waals surface area contributed by atoms with Crippen LogP contribution in [0.15, 0.2) is 10.6 Å². The zero-order valence-corrected chi connectivity index (χ0v) is 12.7. The van der Waals surface area contributed by atoms with Gasteiger partial charge < -0.3 is 19.8 Å². The van der Waals surface area contributed by atoms with Crippen LogP contribution in [0.5, 0.6) is 0 Å². The standard InChI is InChI=1S/C14H24N4O3/c1-3-17-4-6-18(7-5-17)10-12-8-13(16-21-12)14(20)15-9-11(2)19/h8,11,19H,3-7,9-10H2,1-2H3,(H,15,20). The van der Waals surface area contributed by atoms with Crippen LogP contribution in [0.3, 0.4) is 0 Å². The number of likely N-dealkylation sites (N-methyl/N-ethyl adjacent to an activating group) is 1. The summed E-state index contributed by atoms with van der Waals surface area (Å²) in [6, 6.07) is 1.67. The second-order valence-electron chi connectivity index (χ2n) is 5.45. The second-order valence-corrected chi connectivity index (χ2v) is 5.45. The smallest absolute Gasteiger partial charge is 0.273 e. The molecule has 0 bridgehead atoms. The molecule has 7 heteroatoms. The van der Waals surface area contributed by atoms with Crippen molar-refractivity contribution in [2.24, 2.45) is 0 Å². The molecule has 1 aliphatic rings. The van der Waals surface area contributed by atoms with Gasteiger partial charge in [-0.3, -0.25) is 9.69 Å². The van der Waals surface area contributed by atoms with Crippen LogP contribution in [-0.2, 0) is 6.54 Å². The van der Waals surface area contributed by atoms with Gasteiger partial charge in [-0.25, -0.2) is 0 Å². The van der Waals surface area contributed by atoms with Crippen LogP contribution in [0.1, 0.15) is 30.1 Å². The summed E-state index contributed by atoms with van der Waals surface area (Å²) in [4.78, 5) is 16.5. The van der Waals surface area contributed by atoms with Crippen molar-refractivity contribution in [2.45, 2.75) is 26.5 Å². The Morgan fingerprint density at radius 1 is 1.43 bits per heavy atom. The lowest BCUT2D eigenvalue weighted by atomic mass is 10.2. The molecule has 2 heterocycles. The van der Waals surface area contributed by atoms with Gasteiger partial charge in [-0.15, -0.1) is 0 Å². The number of hydrogen-bond acceptors (Lipinski definition) is 6. The Bertz CT molecular complexity index is 453. The van der Waals surface area contributed by atoms with E-state index in [1.165, 1.54) is 0 Å². The van der Waals surface area contributed by atoms with Gasteiger partial charge in [0.2, 0.25) is 0 Å². The number of carbonyl (C=O) groups is 1. The molecule has 1 atom stereocenters. The molecule has 0 saturated carbocycles. The first-order valence-corrected chi connectivity index (χ1v) is 7.45. The zero-order chi connectivity index (χ0) is 15.2. The third-order valence-electron chi connectivity index (χ3n) is 3.64. The van der Waals surface area contributed by atoms with Crippen molar-refractivity contribution in [2.75, 3.05) is 39.3 Å². The average Bonchev–Trinajstić information content (AvgIpc) is 2.94. The van der Waals surface area contributed by atoms with Crippen molar-refractivity contribution >= 4 is 5.91 Å². The largest absolute Gasteiger partial charge is 0.392 e. The summed E-state index contributed by atoms with van der Waals surface area (Å²) in [7, 11) is 0. The zero-order valence-electron chi connectivity index (χ0n) is 12.7. The van der Waals surface area contributed by atoms with Crippen molar-refractivity contribution in [1.29, 1.82) is 0 Å². The van der Waals surface area contributed by atoms with Gasteiger partial charge in [0.05, 0.1) is 12.6 Å². The van der Waals surface area contributed by atoms with E-state index in [1.54, 1.807) is 13.0 Å². The van der Waals surface area contributed by atoms with E-state index in [-0.39, 0.29) is 18.1 Å². The fourth-order valence-electron chi connectivity index (χ4n) is 2.31. The van der Waals surface area contributed by atoms with Gasteiger partial charge in [-0.2, -0.15) is 0 Å². The number of hydrogen-bond donors (Lipinski definition) is 2. The van der Waals surface area contributed by atoms with Gasteiger partial charge in [-0.1, -0.05) is 12.1 Å². The number of rotatable bonds is 6. The molecule has 1 fully saturated rings. The first-order valence-electron chi connectivity index (χ1n) is 7.45. The molecule has 1 amide bonds. The predicted octanol–water partition coefficient (Wildman–Crippen LogP) is -0.0773.